The van der Waals surface area contributed by atoms with Crippen molar-refractivity contribution in [1.82, 2.24) is 20.4 Å². The molecule has 1 saturated heterocycles. The molecule has 0 bridgehead atoms. The number of piperidine rings is 1. The van der Waals surface area contributed by atoms with Crippen LogP contribution in [0.15, 0.2) is 65.6 Å². The van der Waals surface area contributed by atoms with Crippen LogP contribution in [-0.2, 0) is 6.54 Å². The Labute approximate surface area is 173 Å². The van der Waals surface area contributed by atoms with Gasteiger partial charge in [0.2, 0.25) is 0 Å². The molecule has 3 heterocycles. The maximum absolute atomic E-state index is 12.6. The molecule has 0 saturated carbocycles. The maximum Gasteiger partial charge on any atom is 0.255 e. The number of pyridine rings is 1. The summed E-state index contributed by atoms with van der Waals surface area (Å²) in [4.78, 5) is 31.0. The number of amides is 2. The second-order valence-corrected chi connectivity index (χ2v) is 7.02. The van der Waals surface area contributed by atoms with Gasteiger partial charge < -0.3 is 19.5 Å². The van der Waals surface area contributed by atoms with Gasteiger partial charge in [-0.1, -0.05) is 17.3 Å². The fraction of sp³-hybridized carbons (Fsp3) is 0.273. The van der Waals surface area contributed by atoms with Gasteiger partial charge in [0.1, 0.15) is 23.8 Å². The molecular weight excluding hydrogens is 384 g/mol. The number of nitrogens with one attached hydrogen (secondary N) is 1. The third-order valence-corrected chi connectivity index (χ3v) is 4.98. The predicted octanol–water partition coefficient (Wildman–Crippen LogP) is 2.68. The standard InChI is InChI=1S/C22H22N4O4/c27-21(24-15-17-9-13-29-25-17)19-5-1-2-6-20(19)30-18-7-11-26(12-8-18)22(28)16-4-3-10-23-14-16/h1-6,9-10,13-14,18H,7-8,11-12,15H2,(H,24,27). The Bertz CT molecular complexity index is 983. The van der Waals surface area contributed by atoms with Gasteiger partial charge in [0.15, 0.2) is 0 Å². The van der Waals surface area contributed by atoms with Gasteiger partial charge in [-0.05, 0) is 24.3 Å². The Morgan fingerprint density at radius 1 is 1.13 bits per heavy atom. The summed E-state index contributed by atoms with van der Waals surface area (Å²) in [6.45, 7) is 1.47. The van der Waals surface area contributed by atoms with Crippen molar-refractivity contribution in [3.63, 3.8) is 0 Å². The molecule has 1 aromatic carbocycles. The van der Waals surface area contributed by atoms with E-state index in [1.807, 2.05) is 11.0 Å². The van der Waals surface area contributed by atoms with Crippen molar-refractivity contribution in [1.29, 1.82) is 0 Å². The number of hydrogen-bond donors (Lipinski definition) is 1. The molecule has 1 fully saturated rings. The quantitative estimate of drug-likeness (QED) is 0.676. The molecule has 154 valence electrons. The lowest BCUT2D eigenvalue weighted by atomic mass is 10.1. The number of para-hydroxylation sites is 1. The van der Waals surface area contributed by atoms with Gasteiger partial charge in [-0.3, -0.25) is 14.6 Å². The second-order valence-electron chi connectivity index (χ2n) is 7.02. The number of aromatic nitrogens is 2. The van der Waals surface area contributed by atoms with Gasteiger partial charge >= 0.3 is 0 Å². The van der Waals surface area contributed by atoms with Crippen LogP contribution >= 0.6 is 0 Å². The van der Waals surface area contributed by atoms with Crippen molar-refractivity contribution >= 4 is 11.8 Å². The van der Waals surface area contributed by atoms with Crippen LogP contribution in [0, 0.1) is 0 Å². The minimum Gasteiger partial charge on any atom is -0.489 e. The Morgan fingerprint density at radius 2 is 1.97 bits per heavy atom. The van der Waals surface area contributed by atoms with Crippen molar-refractivity contribution in [3.8, 4) is 5.75 Å². The zero-order valence-corrected chi connectivity index (χ0v) is 16.4. The minimum absolute atomic E-state index is 0.0193. The van der Waals surface area contributed by atoms with E-state index >= 15 is 0 Å². The fourth-order valence-electron chi connectivity index (χ4n) is 3.38. The van der Waals surface area contributed by atoms with E-state index in [-0.39, 0.29) is 24.5 Å². The number of rotatable bonds is 6. The number of benzene rings is 1. The topological polar surface area (TPSA) is 97.6 Å². The molecule has 2 aromatic heterocycles. The van der Waals surface area contributed by atoms with Crippen molar-refractivity contribution in [3.05, 3.63) is 77.9 Å². The average Bonchev–Trinajstić information content (AvgIpc) is 3.32. The smallest absolute Gasteiger partial charge is 0.255 e. The number of carbonyl (C=O) groups excluding carboxylic acids is 2. The zero-order chi connectivity index (χ0) is 20.8. The first-order chi connectivity index (χ1) is 14.7. The first-order valence-corrected chi connectivity index (χ1v) is 9.83. The average molecular weight is 406 g/mol. The van der Waals surface area contributed by atoms with Gasteiger partial charge in [-0.25, -0.2) is 0 Å². The largest absolute Gasteiger partial charge is 0.489 e. The van der Waals surface area contributed by atoms with Crippen LogP contribution in [0.5, 0.6) is 5.75 Å². The van der Waals surface area contributed by atoms with Crippen LogP contribution in [0.25, 0.3) is 0 Å². The van der Waals surface area contributed by atoms with Gasteiger partial charge in [0.05, 0.1) is 17.7 Å². The van der Waals surface area contributed by atoms with Crippen molar-refractivity contribution in [2.24, 2.45) is 0 Å². The van der Waals surface area contributed by atoms with Crippen LogP contribution in [-0.4, -0.2) is 46.0 Å². The van der Waals surface area contributed by atoms with Crippen LogP contribution in [0.2, 0.25) is 0 Å². The highest BCUT2D eigenvalue weighted by atomic mass is 16.5. The highest BCUT2D eigenvalue weighted by molar-refractivity contribution is 5.96. The van der Waals surface area contributed by atoms with E-state index < -0.39 is 0 Å². The number of carbonyl (C=O) groups is 2. The zero-order valence-electron chi connectivity index (χ0n) is 16.4. The molecule has 0 radical (unpaired) electrons. The first-order valence-electron chi connectivity index (χ1n) is 9.83. The van der Waals surface area contributed by atoms with E-state index in [4.69, 9.17) is 9.26 Å². The van der Waals surface area contributed by atoms with Gasteiger partial charge in [-0.2, -0.15) is 0 Å². The van der Waals surface area contributed by atoms with E-state index in [9.17, 15) is 9.59 Å². The Morgan fingerprint density at radius 3 is 2.70 bits per heavy atom. The summed E-state index contributed by atoms with van der Waals surface area (Å²) in [5.41, 5.74) is 1.70. The SMILES string of the molecule is O=C(NCc1ccon1)c1ccccc1OC1CCN(C(=O)c2cccnc2)CC1. The molecule has 2 amide bonds. The number of nitrogens with zero attached hydrogens (tertiary/aromatic N) is 3. The van der Waals surface area contributed by atoms with Crippen molar-refractivity contribution < 1.29 is 18.8 Å². The lowest BCUT2D eigenvalue weighted by molar-refractivity contribution is 0.0593. The summed E-state index contributed by atoms with van der Waals surface area (Å²) in [6, 6.07) is 12.4. The monoisotopic (exact) mass is 406 g/mol. The van der Waals surface area contributed by atoms with Crippen LogP contribution in [0.3, 0.4) is 0 Å². The lowest BCUT2D eigenvalue weighted by Crippen LogP contribution is -2.42. The summed E-state index contributed by atoms with van der Waals surface area (Å²) in [7, 11) is 0. The Balaban J connectivity index is 1.34. The molecule has 1 N–H and O–H groups in total. The van der Waals surface area contributed by atoms with Gasteiger partial charge in [0, 0.05) is 44.4 Å². The summed E-state index contributed by atoms with van der Waals surface area (Å²) >= 11 is 0. The molecule has 0 aliphatic carbocycles. The summed E-state index contributed by atoms with van der Waals surface area (Å²) in [6.07, 6.45) is 6.02. The Hall–Kier alpha value is -3.68. The van der Waals surface area contributed by atoms with E-state index in [0.29, 0.717) is 48.5 Å². The third kappa shape index (κ3) is 4.65. The number of hydrogen-bond acceptors (Lipinski definition) is 6. The molecule has 1 aliphatic rings. The van der Waals surface area contributed by atoms with E-state index in [2.05, 4.69) is 15.5 Å². The normalized spacial score (nSPS) is 14.3. The highest BCUT2D eigenvalue weighted by Crippen LogP contribution is 2.24. The molecule has 0 spiro atoms. The van der Waals surface area contributed by atoms with E-state index in [1.165, 1.54) is 6.26 Å². The summed E-state index contributed by atoms with van der Waals surface area (Å²) in [5.74, 6) is 0.277. The molecule has 4 rings (SSSR count). The molecule has 8 heteroatoms. The highest BCUT2D eigenvalue weighted by Gasteiger charge is 2.26. The van der Waals surface area contributed by atoms with Gasteiger partial charge in [0.25, 0.3) is 11.8 Å². The van der Waals surface area contributed by atoms with E-state index in [1.54, 1.807) is 48.8 Å². The van der Waals surface area contributed by atoms with E-state index in [0.717, 1.165) is 0 Å². The Kier molecular flexibility index (Phi) is 6.03. The number of likely N-dealkylation sites (tertiary alicyclic amines) is 1. The van der Waals surface area contributed by atoms with Crippen molar-refractivity contribution in [2.75, 3.05) is 13.1 Å². The fourth-order valence-corrected chi connectivity index (χ4v) is 3.38. The predicted molar refractivity (Wildman–Crippen MR) is 108 cm³/mol. The second kappa shape index (κ2) is 9.21. The lowest BCUT2D eigenvalue weighted by Gasteiger charge is -2.32. The molecule has 3 aromatic rings. The molecule has 0 atom stereocenters. The maximum atomic E-state index is 12.6. The van der Waals surface area contributed by atoms with Crippen molar-refractivity contribution in [2.45, 2.75) is 25.5 Å². The summed E-state index contributed by atoms with van der Waals surface area (Å²) < 4.78 is 10.9. The number of ether oxygens (including phenoxy) is 1. The summed E-state index contributed by atoms with van der Waals surface area (Å²) in [5, 5.41) is 6.60. The third-order valence-electron chi connectivity index (χ3n) is 4.98. The molecule has 30 heavy (non-hydrogen) atoms. The molecule has 8 nitrogen and oxygen atoms in total. The molecule has 1 aliphatic heterocycles. The van der Waals surface area contributed by atoms with Crippen LogP contribution in [0.4, 0.5) is 0 Å². The van der Waals surface area contributed by atoms with Crippen LogP contribution in [0.1, 0.15) is 39.3 Å². The first kappa shape index (κ1) is 19.6. The van der Waals surface area contributed by atoms with Crippen LogP contribution < -0.4 is 10.1 Å². The molecule has 0 unspecified atom stereocenters. The van der Waals surface area contributed by atoms with Gasteiger partial charge in [-0.15, -0.1) is 0 Å². The minimum atomic E-state index is -0.238. The molecular formula is C22H22N4O4.